The van der Waals surface area contributed by atoms with Crippen molar-refractivity contribution in [1.82, 2.24) is 54.6 Å². The van der Waals surface area contributed by atoms with Crippen molar-refractivity contribution in [1.29, 1.82) is 0 Å². The van der Waals surface area contributed by atoms with Crippen LogP contribution >= 0.6 is 86.6 Å². The van der Waals surface area contributed by atoms with Crippen molar-refractivity contribution < 1.29 is 96.6 Å². The van der Waals surface area contributed by atoms with Crippen LogP contribution in [0.3, 0.4) is 0 Å². The second-order valence-electron chi connectivity index (χ2n) is 37.7. The van der Waals surface area contributed by atoms with Gasteiger partial charge in [0.1, 0.15) is 121 Å². The molecule has 4 aliphatic heterocycles. The quantitative estimate of drug-likeness (QED) is 0.0285. The van der Waals surface area contributed by atoms with Crippen molar-refractivity contribution in [2.75, 3.05) is 186 Å². The number of carbonyl (C=O) groups excluding carboxylic acids is 4. The minimum Gasteiger partial charge on any atom is -0.507 e. The molecule has 0 radical (unpaired) electrons. The standard InChI is InChI=1S/C27H32ClF2N4O4P.C25H26ClF2N4O3P.C24H24ClF2N4O3P.C23H25ClF2N3O2P.C3H3ClO/c1-27(2,3)38-26(35)34-12-10-33(11-13-34)25-16-14-17(28)21(22-18(29)8-7-9-19(22)37-4)23(30)24(16)31-20(32-25)15-39(5,6)36;1-5-20(33)31-9-11-32(12-10-31)25-15-13-16(26)21(22-17(27)7-6-8-18(22)35-2)23(28)24(15)29-19(30-25)14-36(3,4)34;1-4-19(33)30-8-10-31(11-9-30)24-14-12-15(25)20(21-16(26)6-5-7-17(21)32)22(27)23(14)28-18(29-24)13-35(2,3)34;1-31-17-9-7-8-16(25)20(17)19-15(24)12-14-22(21(19)26)27-18(13-32(2,3)30)28-23(14)29-10-5-4-6-11-29;1-2-3(4)5/h7-9,14H,10-13,15H2,1-6H3;5-8,13H,1,9-12,14H2,2-4H3;4-7,12,32H,1,8-11,13H2,2-3H3;7-9,12H,4-6,10-11,13H2,1-3H3;2H,1H2. The van der Waals surface area contributed by atoms with Crippen LogP contribution in [-0.4, -0.2) is 255 Å². The van der Waals surface area contributed by atoms with Crippen molar-refractivity contribution in [3.63, 3.8) is 0 Å². The summed E-state index contributed by atoms with van der Waals surface area (Å²) in [5.74, 6) is -3.94. The van der Waals surface area contributed by atoms with Gasteiger partial charge in [-0.1, -0.05) is 90.4 Å². The number of rotatable bonds is 22. The summed E-state index contributed by atoms with van der Waals surface area (Å²) in [7, 11) is -6.25. The van der Waals surface area contributed by atoms with Gasteiger partial charge in [-0.2, -0.15) is 0 Å². The maximum atomic E-state index is 16.2. The molecule has 3 amide bonds. The van der Waals surface area contributed by atoms with E-state index in [0.717, 1.165) is 44.5 Å². The van der Waals surface area contributed by atoms with Crippen LogP contribution in [-0.2, 0) is 62.0 Å². The number of aromatic hydroxyl groups is 1. The van der Waals surface area contributed by atoms with Gasteiger partial charge in [0.2, 0.25) is 17.1 Å². The monoisotopic (exact) mass is 2200 g/mol. The Morgan fingerprint density at radius 2 is 0.612 bits per heavy atom. The lowest BCUT2D eigenvalue weighted by molar-refractivity contribution is -0.127. The number of amides is 3. The Hall–Kier alpha value is -11.6. The molecule has 12 aromatic rings. The minimum atomic E-state index is -2.63. The van der Waals surface area contributed by atoms with Crippen LogP contribution < -0.4 is 33.8 Å². The third kappa shape index (κ3) is 27.8. The molecule has 0 spiro atoms. The van der Waals surface area contributed by atoms with Gasteiger partial charge in [-0.05, 0) is 196 Å². The van der Waals surface area contributed by atoms with E-state index in [1.165, 1.54) is 112 Å². The lowest BCUT2D eigenvalue weighted by Crippen LogP contribution is -2.50. The molecule has 4 aromatic heterocycles. The number of hydrogen-bond donors (Lipinski definition) is 1. The van der Waals surface area contributed by atoms with E-state index in [2.05, 4.69) is 64.5 Å². The molecular weight excluding hydrogens is 2100 g/mol. The number of fused-ring (bicyclic) bond motifs is 4. The molecule has 0 atom stereocenters. The van der Waals surface area contributed by atoms with Gasteiger partial charge in [0.15, 0.2) is 23.3 Å². The van der Waals surface area contributed by atoms with E-state index in [9.17, 15) is 60.1 Å². The van der Waals surface area contributed by atoms with E-state index >= 15 is 17.6 Å². The fraction of sp³-hybridized carbons (Fsp3) is 0.353. The molecule has 4 fully saturated rings. The van der Waals surface area contributed by atoms with Crippen LogP contribution in [0.2, 0.25) is 20.1 Å². The third-order valence-corrected chi connectivity index (χ3v) is 29.0. The molecule has 28 nitrogen and oxygen atoms in total. The number of allylic oxidation sites excluding steroid dienone is 1. The number of phenols is 1. The van der Waals surface area contributed by atoms with E-state index in [1.807, 2.05) is 14.7 Å². The molecule has 8 aromatic carbocycles. The lowest BCUT2D eigenvalue weighted by Gasteiger charge is -2.36. The molecule has 0 saturated carbocycles. The Balaban J connectivity index is 0.000000172. The van der Waals surface area contributed by atoms with Crippen LogP contribution in [0.4, 0.5) is 63.2 Å². The van der Waals surface area contributed by atoms with Crippen molar-refractivity contribution in [2.24, 2.45) is 0 Å². The highest BCUT2D eigenvalue weighted by Gasteiger charge is 2.37. The highest BCUT2D eigenvalue weighted by molar-refractivity contribution is 7.62. The number of nitrogens with zero attached hydrogens (tertiary/aromatic N) is 15. The Morgan fingerprint density at radius 1 is 0.367 bits per heavy atom. The van der Waals surface area contributed by atoms with Crippen LogP contribution in [0.15, 0.2) is 135 Å². The van der Waals surface area contributed by atoms with Crippen molar-refractivity contribution >= 4 is 177 Å². The van der Waals surface area contributed by atoms with Gasteiger partial charge in [-0.3, -0.25) is 14.4 Å². The van der Waals surface area contributed by atoms with Crippen LogP contribution in [0, 0.1) is 46.5 Å². The maximum absolute atomic E-state index is 16.2. The summed E-state index contributed by atoms with van der Waals surface area (Å²) < 4.78 is 195. The number of hydrogen-bond acceptors (Lipinski definition) is 25. The number of phenolic OH excluding ortho intramolecular Hbond substituents is 1. The maximum Gasteiger partial charge on any atom is 0.410 e. The molecule has 147 heavy (non-hydrogen) atoms. The summed E-state index contributed by atoms with van der Waals surface area (Å²) in [6.07, 6.45) is 6.56. The Kier molecular flexibility index (Phi) is 37.2. The van der Waals surface area contributed by atoms with Gasteiger partial charge >= 0.3 is 6.09 Å². The molecule has 4 aliphatic rings. The number of anilines is 4. The van der Waals surface area contributed by atoms with Gasteiger partial charge < -0.3 is 76.6 Å². The lowest BCUT2D eigenvalue weighted by atomic mass is 10.0. The van der Waals surface area contributed by atoms with E-state index < -0.39 is 97.8 Å². The SMILES string of the molecule is C=CC(=O)Cl.C=CC(=O)N1CCN(c2nc(CP(C)(C)=O)nc3c(F)c(-c4c(F)cccc4OC)c(Cl)cc23)CC1.C=CC(=O)N1CCN(c2nc(CP(C)(C)=O)nc3c(F)c(-c4c(O)cccc4F)c(Cl)cc23)CC1.COc1cccc(F)c1-c1c(Cl)cc2c(N3CCCCC3)nc(CP(C)(C)=O)nc2c1F.COc1cccc(F)c1-c1c(Cl)cc2c(N3CCN(C(=O)OC(C)(C)C)CC3)nc(CP(C)(C)=O)nc2c1F. The number of piperidine rings is 1. The van der Waals surface area contributed by atoms with Crippen molar-refractivity contribution in [3.8, 4) is 67.5 Å². The van der Waals surface area contributed by atoms with E-state index in [0.29, 0.717) is 129 Å². The minimum absolute atomic E-state index is 0.0295. The summed E-state index contributed by atoms with van der Waals surface area (Å²) in [4.78, 5) is 94.8. The van der Waals surface area contributed by atoms with Gasteiger partial charge in [-0.25, -0.2) is 79.8 Å². The first-order chi connectivity index (χ1) is 69.2. The molecule has 0 bridgehead atoms. The fourth-order valence-corrected chi connectivity index (χ4v) is 21.4. The van der Waals surface area contributed by atoms with Crippen LogP contribution in [0.1, 0.15) is 63.3 Å². The normalized spacial score (nSPS) is 14.2. The first-order valence-electron chi connectivity index (χ1n) is 46.2. The van der Waals surface area contributed by atoms with E-state index in [1.54, 1.807) is 101 Å². The average molecular weight is 2210 g/mol. The highest BCUT2D eigenvalue weighted by atomic mass is 35.5. The number of ether oxygens (including phenoxy) is 4. The van der Waals surface area contributed by atoms with Crippen LogP contribution in [0.5, 0.6) is 23.0 Å². The second-order valence-corrected chi connectivity index (χ2v) is 53.5. The number of benzene rings is 8. The smallest absolute Gasteiger partial charge is 0.410 e. The topological polar surface area (TPSA) is 320 Å². The van der Waals surface area contributed by atoms with Crippen molar-refractivity contribution in [3.05, 3.63) is 225 Å². The zero-order valence-corrected chi connectivity index (χ0v) is 90.6. The molecule has 0 unspecified atom stereocenters. The molecule has 0 aliphatic carbocycles. The van der Waals surface area contributed by atoms with Gasteiger partial charge in [0.25, 0.3) is 0 Å². The zero-order chi connectivity index (χ0) is 108. The molecule has 16 rings (SSSR count). The number of methoxy groups -OCH3 is 3. The molecule has 1 N–H and O–H groups in total. The molecular formula is C102H110Cl5F8N15O13P4. The molecule has 4 saturated heterocycles. The Labute approximate surface area is 870 Å². The summed E-state index contributed by atoms with van der Waals surface area (Å²) in [5, 5.41) is 11.0. The van der Waals surface area contributed by atoms with Gasteiger partial charge in [-0.15, -0.1) is 0 Å². The number of aromatic nitrogens is 8. The fourth-order valence-electron chi connectivity index (χ4n) is 17.0. The second kappa shape index (κ2) is 47.9. The summed E-state index contributed by atoms with van der Waals surface area (Å²) >= 11 is 30.8. The Bertz CT molecular complexity index is 7320. The third-order valence-electron chi connectivity index (χ3n) is 23.5. The highest BCUT2D eigenvalue weighted by Crippen LogP contribution is 2.52. The van der Waals surface area contributed by atoms with E-state index in [4.69, 9.17) is 77.0 Å². The van der Waals surface area contributed by atoms with Crippen molar-refractivity contribution in [2.45, 2.75) is 70.3 Å². The van der Waals surface area contributed by atoms with Gasteiger partial charge in [0.05, 0.1) is 117 Å². The summed E-state index contributed by atoms with van der Waals surface area (Å²) in [6.45, 7) is 34.8. The Morgan fingerprint density at radius 3 is 0.850 bits per heavy atom. The molecule has 45 heteroatoms. The largest absolute Gasteiger partial charge is 0.507 e. The first-order valence-corrected chi connectivity index (χ1v) is 59.2. The zero-order valence-electron chi connectivity index (χ0n) is 83.2. The van der Waals surface area contributed by atoms with Crippen LogP contribution in [0.25, 0.3) is 88.1 Å². The summed E-state index contributed by atoms with van der Waals surface area (Å²) in [5.41, 5.74) is -2.27. The predicted octanol–water partition coefficient (Wildman–Crippen LogP) is 23.8. The average Bonchev–Trinajstić information content (AvgIpc) is 0.753. The summed E-state index contributed by atoms with van der Waals surface area (Å²) in [6, 6.07) is 22.3. The van der Waals surface area contributed by atoms with Gasteiger partial charge in [0, 0.05) is 135 Å². The number of piperazine rings is 3. The number of halogens is 13. The predicted molar refractivity (Wildman–Crippen MR) is 569 cm³/mol. The number of carbonyl (C=O) groups is 4. The first kappa shape index (κ1) is 114. The van der Waals surface area contributed by atoms with E-state index in [-0.39, 0.29) is 158 Å². The molecule has 782 valence electrons. The molecule has 8 heterocycles.